The zero-order valence-corrected chi connectivity index (χ0v) is 19.3. The first kappa shape index (κ1) is 24.8. The molecule has 3 N–H and O–H groups in total. The number of hydrogen-bond acceptors (Lipinski definition) is 5. The molecule has 174 valence electrons. The molecule has 0 aliphatic rings. The number of hydrogen-bond donors (Lipinski definition) is 3. The van der Waals surface area contributed by atoms with E-state index < -0.39 is 11.8 Å². The largest absolute Gasteiger partial charge is 0.484 e. The van der Waals surface area contributed by atoms with Crippen molar-refractivity contribution in [3.63, 3.8) is 0 Å². The van der Waals surface area contributed by atoms with Crippen molar-refractivity contribution >= 4 is 52.8 Å². The minimum absolute atomic E-state index is 0.207. The van der Waals surface area contributed by atoms with Gasteiger partial charge in [0.2, 0.25) is 0 Å². The van der Waals surface area contributed by atoms with Crippen molar-refractivity contribution in [2.24, 2.45) is 5.10 Å². The molecule has 0 saturated heterocycles. The third-order valence-corrected chi connectivity index (χ3v) is 5.07. The summed E-state index contributed by atoms with van der Waals surface area (Å²) in [6, 6.07) is 20.6. The fraction of sp³-hybridized carbons (Fsp3) is 0.0833. The molecule has 0 spiro atoms. The molecule has 10 heteroatoms. The Bertz CT molecular complexity index is 1190. The van der Waals surface area contributed by atoms with Crippen LogP contribution >= 0.6 is 23.2 Å². The normalized spacial score (nSPS) is 10.5. The summed E-state index contributed by atoms with van der Waals surface area (Å²) < 4.78 is 5.45. The molecule has 0 aromatic heterocycles. The summed E-state index contributed by atoms with van der Waals surface area (Å²) in [6.07, 6.45) is 1.38. The highest BCUT2D eigenvalue weighted by Crippen LogP contribution is 2.25. The molecule has 3 aromatic rings. The fourth-order valence-corrected chi connectivity index (χ4v) is 2.94. The molecule has 0 unspecified atom stereocenters. The second kappa shape index (κ2) is 12.4. The van der Waals surface area contributed by atoms with E-state index in [1.54, 1.807) is 42.5 Å². The van der Waals surface area contributed by atoms with Crippen LogP contribution in [0.4, 0.5) is 5.69 Å². The van der Waals surface area contributed by atoms with Crippen LogP contribution in [-0.2, 0) is 20.9 Å². The van der Waals surface area contributed by atoms with Crippen LogP contribution < -0.4 is 20.8 Å². The van der Waals surface area contributed by atoms with E-state index in [1.165, 1.54) is 6.21 Å². The molecule has 0 atom stereocenters. The van der Waals surface area contributed by atoms with Gasteiger partial charge >= 0.3 is 11.8 Å². The average Bonchev–Trinajstić information content (AvgIpc) is 2.85. The van der Waals surface area contributed by atoms with Gasteiger partial charge in [0.15, 0.2) is 6.61 Å². The van der Waals surface area contributed by atoms with Gasteiger partial charge < -0.3 is 15.4 Å². The van der Waals surface area contributed by atoms with Gasteiger partial charge in [-0.15, -0.1) is 0 Å². The van der Waals surface area contributed by atoms with Crippen LogP contribution in [0.2, 0.25) is 10.0 Å². The number of halogens is 2. The number of benzene rings is 3. The Kier molecular flexibility index (Phi) is 9.02. The maximum atomic E-state index is 12.0. The summed E-state index contributed by atoms with van der Waals surface area (Å²) in [5, 5.41) is 9.67. The number of carbonyl (C=O) groups excluding carboxylic acids is 3. The van der Waals surface area contributed by atoms with Crippen molar-refractivity contribution in [2.75, 3.05) is 11.9 Å². The van der Waals surface area contributed by atoms with E-state index in [1.807, 2.05) is 30.3 Å². The SMILES string of the molecule is O=C(COc1ccc(/C=N\NC(=O)C(=O)NCc2ccccc2)cc1)Nc1ccc(Cl)c(Cl)c1. The molecule has 0 bridgehead atoms. The van der Waals surface area contributed by atoms with E-state index in [9.17, 15) is 14.4 Å². The van der Waals surface area contributed by atoms with Gasteiger partial charge in [-0.1, -0.05) is 53.5 Å². The van der Waals surface area contributed by atoms with Gasteiger partial charge in [-0.05, 0) is 53.6 Å². The summed E-state index contributed by atoms with van der Waals surface area (Å²) in [5.74, 6) is -1.56. The van der Waals surface area contributed by atoms with E-state index in [4.69, 9.17) is 27.9 Å². The molecule has 8 nitrogen and oxygen atoms in total. The molecular formula is C24H20Cl2N4O4. The highest BCUT2D eigenvalue weighted by atomic mass is 35.5. The number of rotatable bonds is 8. The van der Waals surface area contributed by atoms with Gasteiger partial charge in [0, 0.05) is 12.2 Å². The van der Waals surface area contributed by atoms with E-state index in [-0.39, 0.29) is 19.1 Å². The lowest BCUT2D eigenvalue weighted by atomic mass is 10.2. The third kappa shape index (κ3) is 7.91. The van der Waals surface area contributed by atoms with Crippen molar-refractivity contribution in [3.8, 4) is 5.75 Å². The number of amides is 3. The fourth-order valence-electron chi connectivity index (χ4n) is 2.64. The zero-order valence-electron chi connectivity index (χ0n) is 17.8. The highest BCUT2D eigenvalue weighted by Gasteiger charge is 2.11. The second-order valence-corrected chi connectivity index (χ2v) is 7.72. The lowest BCUT2D eigenvalue weighted by Gasteiger charge is -2.08. The minimum Gasteiger partial charge on any atom is -0.484 e. The predicted octanol–water partition coefficient (Wildman–Crippen LogP) is 3.78. The number of anilines is 1. The van der Waals surface area contributed by atoms with Crippen LogP contribution in [-0.4, -0.2) is 30.5 Å². The van der Waals surface area contributed by atoms with E-state index in [0.717, 1.165) is 5.56 Å². The van der Waals surface area contributed by atoms with Crippen LogP contribution in [0, 0.1) is 0 Å². The lowest BCUT2D eigenvalue weighted by Crippen LogP contribution is -2.37. The highest BCUT2D eigenvalue weighted by molar-refractivity contribution is 6.42. The molecule has 3 aromatic carbocycles. The summed E-state index contributed by atoms with van der Waals surface area (Å²) in [5.41, 5.74) is 4.20. The Labute approximate surface area is 205 Å². The molecule has 0 aliphatic heterocycles. The Morgan fingerprint density at radius 1 is 0.882 bits per heavy atom. The third-order valence-electron chi connectivity index (χ3n) is 4.34. The van der Waals surface area contributed by atoms with Gasteiger partial charge in [-0.3, -0.25) is 14.4 Å². The van der Waals surface area contributed by atoms with Crippen molar-refractivity contribution in [2.45, 2.75) is 6.54 Å². The quantitative estimate of drug-likeness (QED) is 0.249. The van der Waals surface area contributed by atoms with Crippen molar-refractivity contribution in [1.29, 1.82) is 0 Å². The number of hydrazone groups is 1. The number of carbonyl (C=O) groups is 3. The summed E-state index contributed by atoms with van der Waals surface area (Å²) in [4.78, 5) is 35.7. The minimum atomic E-state index is -0.875. The molecule has 0 aliphatic carbocycles. The van der Waals surface area contributed by atoms with Crippen molar-refractivity contribution in [1.82, 2.24) is 10.7 Å². The van der Waals surface area contributed by atoms with E-state index >= 15 is 0 Å². The van der Waals surface area contributed by atoms with Crippen LogP contribution in [0.25, 0.3) is 0 Å². The van der Waals surface area contributed by atoms with Crippen LogP contribution in [0.1, 0.15) is 11.1 Å². The Morgan fingerprint density at radius 3 is 2.32 bits per heavy atom. The average molecular weight is 499 g/mol. The maximum absolute atomic E-state index is 12.0. The van der Waals surface area contributed by atoms with E-state index in [2.05, 4.69) is 21.2 Å². The Morgan fingerprint density at radius 2 is 1.62 bits per heavy atom. The molecule has 3 rings (SSSR count). The first-order chi connectivity index (χ1) is 16.4. The first-order valence-corrected chi connectivity index (χ1v) is 10.8. The predicted molar refractivity (Wildman–Crippen MR) is 131 cm³/mol. The lowest BCUT2D eigenvalue weighted by molar-refractivity contribution is -0.139. The first-order valence-electron chi connectivity index (χ1n) is 10.0. The zero-order chi connectivity index (χ0) is 24.3. The van der Waals surface area contributed by atoms with Gasteiger partial charge in [0.05, 0.1) is 16.3 Å². The monoisotopic (exact) mass is 498 g/mol. The number of ether oxygens (including phenoxy) is 1. The Balaban J connectivity index is 1.40. The number of nitrogens with zero attached hydrogens (tertiary/aromatic N) is 1. The molecule has 0 fully saturated rings. The van der Waals surface area contributed by atoms with Gasteiger partial charge in [0.25, 0.3) is 5.91 Å². The topological polar surface area (TPSA) is 109 Å². The summed E-state index contributed by atoms with van der Waals surface area (Å²) in [7, 11) is 0. The van der Waals surface area contributed by atoms with Crippen molar-refractivity contribution in [3.05, 3.63) is 94.0 Å². The Hall–Kier alpha value is -3.88. The van der Waals surface area contributed by atoms with Crippen LogP contribution in [0.15, 0.2) is 77.9 Å². The van der Waals surface area contributed by atoms with Crippen molar-refractivity contribution < 1.29 is 19.1 Å². The number of nitrogens with one attached hydrogen (secondary N) is 3. The molecule has 3 amide bonds. The standard InChI is InChI=1S/C24H20Cl2N4O4/c25-20-11-8-18(12-21(20)26)29-22(31)15-34-19-9-6-17(7-10-19)14-28-30-24(33)23(32)27-13-16-4-2-1-3-5-16/h1-12,14H,13,15H2,(H,27,32)(H,29,31)(H,30,33)/b28-14-. The van der Waals surface area contributed by atoms with Crippen LogP contribution in [0.5, 0.6) is 5.75 Å². The molecular weight excluding hydrogens is 479 g/mol. The second-order valence-electron chi connectivity index (χ2n) is 6.90. The smallest absolute Gasteiger partial charge is 0.329 e. The molecule has 0 radical (unpaired) electrons. The van der Waals surface area contributed by atoms with Gasteiger partial charge in [-0.25, -0.2) is 5.43 Å². The van der Waals surface area contributed by atoms with Crippen LogP contribution in [0.3, 0.4) is 0 Å². The molecule has 0 heterocycles. The van der Waals surface area contributed by atoms with E-state index in [0.29, 0.717) is 27.0 Å². The summed E-state index contributed by atoms with van der Waals surface area (Å²) >= 11 is 11.8. The van der Waals surface area contributed by atoms with Gasteiger partial charge in [-0.2, -0.15) is 5.10 Å². The van der Waals surface area contributed by atoms with Gasteiger partial charge in [0.1, 0.15) is 5.75 Å². The molecule has 0 saturated carbocycles. The molecule has 34 heavy (non-hydrogen) atoms. The summed E-state index contributed by atoms with van der Waals surface area (Å²) in [6.45, 7) is 0.0333. The maximum Gasteiger partial charge on any atom is 0.329 e.